The number of amides is 1. The van der Waals surface area contributed by atoms with Crippen LogP contribution in [0.1, 0.15) is 47.5 Å². The summed E-state index contributed by atoms with van der Waals surface area (Å²) in [5.74, 6) is 1.05. The van der Waals surface area contributed by atoms with Crippen LogP contribution in [-0.2, 0) is 14.8 Å². The summed E-state index contributed by atoms with van der Waals surface area (Å²) in [4.78, 5) is 17.7. The number of hydrogen-bond acceptors (Lipinski definition) is 4. The summed E-state index contributed by atoms with van der Waals surface area (Å²) in [7, 11) is -3.63. The van der Waals surface area contributed by atoms with Gasteiger partial charge in [0.1, 0.15) is 5.82 Å². The van der Waals surface area contributed by atoms with Gasteiger partial charge in [-0.05, 0) is 54.4 Å². The number of carbonyl (C=O) groups is 1. The second kappa shape index (κ2) is 9.60. The van der Waals surface area contributed by atoms with Crippen molar-refractivity contribution in [3.8, 4) is 0 Å². The number of carbonyl (C=O) groups excluding carboxylic acids is 1. The summed E-state index contributed by atoms with van der Waals surface area (Å²) in [6.07, 6.45) is 4.72. The third kappa shape index (κ3) is 5.35. The molecule has 1 saturated carbocycles. The second-order valence-corrected chi connectivity index (χ2v) is 13.9. The number of hydrogen-bond donors (Lipinski definition) is 0. The molecule has 3 aliphatic carbocycles. The molecule has 8 heteroatoms. The average Bonchev–Trinajstić information content (AvgIpc) is 2.81. The maximum absolute atomic E-state index is 13.3. The number of rotatable bonds is 7. The van der Waals surface area contributed by atoms with Gasteiger partial charge >= 0.3 is 0 Å². The van der Waals surface area contributed by atoms with Crippen LogP contribution in [0.2, 0.25) is 0 Å². The van der Waals surface area contributed by atoms with Gasteiger partial charge in [-0.1, -0.05) is 46.3 Å². The Morgan fingerprint density at radius 1 is 1.11 bits per heavy atom. The van der Waals surface area contributed by atoms with Crippen molar-refractivity contribution in [1.82, 2.24) is 14.1 Å². The molecule has 2 bridgehead atoms. The molecule has 1 saturated heterocycles. The highest BCUT2D eigenvalue weighted by atomic mass is 32.2. The lowest BCUT2D eigenvalue weighted by Crippen LogP contribution is -2.53. The zero-order chi connectivity index (χ0) is 25.6. The molecule has 2 atom stereocenters. The fraction of sp³-hybridized carbons (Fsp3) is 0.667. The summed E-state index contributed by atoms with van der Waals surface area (Å²) < 4.78 is 40.5. The molecule has 0 aromatic heterocycles. The minimum Gasteiger partial charge on any atom is -0.337 e. The molecule has 1 amide bonds. The van der Waals surface area contributed by atoms with Gasteiger partial charge < -0.3 is 4.90 Å². The molecule has 0 radical (unpaired) electrons. The monoisotopic (exact) mass is 505 g/mol. The highest BCUT2D eigenvalue weighted by molar-refractivity contribution is 7.89. The predicted molar refractivity (Wildman–Crippen MR) is 136 cm³/mol. The van der Waals surface area contributed by atoms with Crippen molar-refractivity contribution in [3.05, 3.63) is 41.7 Å². The predicted octanol–water partition coefficient (Wildman–Crippen LogP) is 4.00. The molecule has 194 valence electrons. The lowest BCUT2D eigenvalue weighted by Gasteiger charge is -2.57. The molecule has 35 heavy (non-hydrogen) atoms. The topological polar surface area (TPSA) is 60.9 Å². The minimum atomic E-state index is -3.63. The number of allylic oxidation sites excluding steroid dienone is 1. The minimum absolute atomic E-state index is 0.121. The van der Waals surface area contributed by atoms with Gasteiger partial charge in [0.05, 0.1) is 4.90 Å². The van der Waals surface area contributed by atoms with Crippen molar-refractivity contribution < 1.29 is 17.6 Å². The Hall–Kier alpha value is -1.77. The van der Waals surface area contributed by atoms with Gasteiger partial charge in [0, 0.05) is 51.2 Å². The Bertz CT molecular complexity index is 1070. The van der Waals surface area contributed by atoms with E-state index in [0.717, 1.165) is 18.9 Å². The zero-order valence-corrected chi connectivity index (χ0v) is 22.6. The molecule has 1 aliphatic heterocycles. The molecule has 1 heterocycles. The molecule has 0 spiro atoms. The van der Waals surface area contributed by atoms with Crippen molar-refractivity contribution >= 4 is 15.9 Å². The number of benzene rings is 1. The van der Waals surface area contributed by atoms with E-state index in [1.807, 2.05) is 25.7 Å². The van der Waals surface area contributed by atoms with E-state index < -0.39 is 21.3 Å². The number of piperazine rings is 1. The molecule has 2 unspecified atom stereocenters. The number of nitrogens with zero attached hydrogens (tertiary/aromatic N) is 3. The average molecular weight is 506 g/mol. The van der Waals surface area contributed by atoms with Crippen LogP contribution in [0.25, 0.3) is 0 Å². The Morgan fingerprint density at radius 3 is 2.29 bits per heavy atom. The quantitative estimate of drug-likeness (QED) is 0.526. The molecule has 4 aliphatic rings. The molecular formula is C27H40FN3O3S. The standard InChI is InChI=1S/C27H40FN3O3S/c1-26(2,3)25(32)30(19-20-6-7-21-18-24(20)27(21,4)5)15-12-29-13-16-31(17-14-29)35(33,34)23-10-8-22(28)9-11-23/h6,8-11,21,24H,7,12-19H2,1-5H3. The normalized spacial score (nSPS) is 25.0. The maximum atomic E-state index is 13.3. The summed E-state index contributed by atoms with van der Waals surface area (Å²) in [6.45, 7) is 14.7. The molecule has 2 fully saturated rings. The smallest absolute Gasteiger partial charge is 0.243 e. The van der Waals surface area contributed by atoms with Gasteiger partial charge in [-0.15, -0.1) is 0 Å². The van der Waals surface area contributed by atoms with E-state index in [-0.39, 0.29) is 10.8 Å². The zero-order valence-electron chi connectivity index (χ0n) is 21.8. The van der Waals surface area contributed by atoms with Crippen molar-refractivity contribution in [2.45, 2.75) is 52.4 Å². The summed E-state index contributed by atoms with van der Waals surface area (Å²) >= 11 is 0. The number of sulfonamides is 1. The summed E-state index contributed by atoms with van der Waals surface area (Å²) in [5.41, 5.74) is 1.28. The first-order chi connectivity index (χ1) is 16.3. The number of halogens is 1. The molecule has 1 aromatic rings. The van der Waals surface area contributed by atoms with E-state index in [0.29, 0.717) is 50.6 Å². The van der Waals surface area contributed by atoms with Gasteiger partial charge in [0.2, 0.25) is 15.9 Å². The van der Waals surface area contributed by atoms with Gasteiger partial charge in [-0.3, -0.25) is 9.69 Å². The highest BCUT2D eigenvalue weighted by Crippen LogP contribution is 2.59. The summed E-state index contributed by atoms with van der Waals surface area (Å²) in [5, 5.41) is 0. The van der Waals surface area contributed by atoms with Crippen LogP contribution in [0, 0.1) is 28.5 Å². The lowest BCUT2D eigenvalue weighted by molar-refractivity contribution is -0.139. The van der Waals surface area contributed by atoms with Crippen LogP contribution in [0.15, 0.2) is 40.8 Å². The molecule has 0 N–H and O–H groups in total. The van der Waals surface area contributed by atoms with Gasteiger partial charge in [-0.2, -0.15) is 4.31 Å². The van der Waals surface area contributed by atoms with E-state index in [1.165, 1.54) is 40.6 Å². The fourth-order valence-electron chi connectivity index (χ4n) is 5.81. The van der Waals surface area contributed by atoms with Crippen LogP contribution >= 0.6 is 0 Å². The van der Waals surface area contributed by atoms with Crippen molar-refractivity contribution in [1.29, 1.82) is 0 Å². The van der Waals surface area contributed by atoms with Crippen LogP contribution in [0.3, 0.4) is 0 Å². The van der Waals surface area contributed by atoms with E-state index in [9.17, 15) is 17.6 Å². The Morgan fingerprint density at radius 2 is 1.74 bits per heavy atom. The fourth-order valence-corrected chi connectivity index (χ4v) is 7.24. The summed E-state index contributed by atoms with van der Waals surface area (Å²) in [6, 6.07) is 4.99. The van der Waals surface area contributed by atoms with Crippen molar-refractivity contribution in [2.24, 2.45) is 22.7 Å². The van der Waals surface area contributed by atoms with Crippen LogP contribution in [0.4, 0.5) is 4.39 Å². The SMILES string of the molecule is CC(C)(C)C(=O)N(CCN1CCN(S(=O)(=O)c2ccc(F)cc2)CC1)CC1=CCC2CC1C2(C)C. The van der Waals surface area contributed by atoms with Crippen LogP contribution in [0.5, 0.6) is 0 Å². The van der Waals surface area contributed by atoms with E-state index in [2.05, 4.69) is 24.8 Å². The van der Waals surface area contributed by atoms with E-state index >= 15 is 0 Å². The van der Waals surface area contributed by atoms with E-state index in [4.69, 9.17) is 0 Å². The van der Waals surface area contributed by atoms with E-state index in [1.54, 1.807) is 0 Å². The third-order valence-electron chi connectivity index (χ3n) is 8.35. The molecule has 5 rings (SSSR count). The molecule has 6 nitrogen and oxygen atoms in total. The first-order valence-electron chi connectivity index (χ1n) is 12.8. The van der Waals surface area contributed by atoms with Gasteiger partial charge in [0.15, 0.2) is 0 Å². The largest absolute Gasteiger partial charge is 0.337 e. The maximum Gasteiger partial charge on any atom is 0.243 e. The highest BCUT2D eigenvalue weighted by Gasteiger charge is 2.51. The Labute approximate surface area is 210 Å². The van der Waals surface area contributed by atoms with Crippen LogP contribution in [-0.4, -0.2) is 74.2 Å². The number of fused-ring (bicyclic) bond motifs is 1. The molecule has 1 aromatic carbocycles. The first kappa shape index (κ1) is 26.3. The van der Waals surface area contributed by atoms with Crippen molar-refractivity contribution in [2.75, 3.05) is 45.8 Å². The lowest BCUT2D eigenvalue weighted by atomic mass is 9.49. The second-order valence-electron chi connectivity index (χ2n) is 12.0. The Balaban J connectivity index is 1.36. The van der Waals surface area contributed by atoms with Gasteiger partial charge in [0.25, 0.3) is 0 Å². The Kier molecular flexibility index (Phi) is 7.21. The molecular weight excluding hydrogens is 465 g/mol. The van der Waals surface area contributed by atoms with Gasteiger partial charge in [-0.25, -0.2) is 12.8 Å². The third-order valence-corrected chi connectivity index (χ3v) is 10.3. The van der Waals surface area contributed by atoms with Crippen LogP contribution < -0.4 is 0 Å². The first-order valence-corrected chi connectivity index (χ1v) is 14.2. The van der Waals surface area contributed by atoms with Crippen molar-refractivity contribution in [3.63, 3.8) is 0 Å².